The molecule has 1 heteroatoms. The highest BCUT2D eigenvalue weighted by Gasteiger charge is 2.29. The van der Waals surface area contributed by atoms with E-state index in [2.05, 4.69) is 25.2 Å². The Balaban J connectivity index is 1.91. The van der Waals surface area contributed by atoms with Gasteiger partial charge in [0.05, 0.1) is 0 Å². The summed E-state index contributed by atoms with van der Waals surface area (Å²) in [5, 5.41) is 3.89. The molecular formula is C19H35N. The number of rotatable bonds is 7. The van der Waals surface area contributed by atoms with Crippen molar-refractivity contribution < 1.29 is 0 Å². The van der Waals surface area contributed by atoms with E-state index in [1.807, 2.05) is 0 Å². The van der Waals surface area contributed by atoms with Crippen LogP contribution in [0.25, 0.3) is 0 Å². The van der Waals surface area contributed by atoms with E-state index in [-0.39, 0.29) is 0 Å². The van der Waals surface area contributed by atoms with Crippen molar-refractivity contribution in [3.8, 4) is 0 Å². The fraction of sp³-hybridized carbons (Fsp3) is 0.895. The predicted octanol–water partition coefficient (Wildman–Crippen LogP) is 5.46. The first kappa shape index (κ1) is 16.1. The second kappa shape index (κ2) is 8.87. The number of hydrogen-bond acceptors (Lipinski definition) is 1. The Hall–Kier alpha value is -0.300. The molecule has 1 saturated carbocycles. The van der Waals surface area contributed by atoms with Crippen LogP contribution in [0, 0.1) is 11.8 Å². The van der Waals surface area contributed by atoms with Crippen LogP contribution in [0.2, 0.25) is 0 Å². The van der Waals surface area contributed by atoms with Gasteiger partial charge < -0.3 is 5.32 Å². The monoisotopic (exact) mass is 277 g/mol. The maximum atomic E-state index is 3.89. The Bertz CT molecular complexity index is 286. The molecule has 0 saturated heterocycles. The average molecular weight is 277 g/mol. The van der Waals surface area contributed by atoms with Crippen molar-refractivity contribution in [3.05, 3.63) is 11.6 Å². The van der Waals surface area contributed by atoms with Gasteiger partial charge in [0.1, 0.15) is 0 Å². The van der Waals surface area contributed by atoms with Crippen LogP contribution in [-0.4, -0.2) is 12.6 Å². The van der Waals surface area contributed by atoms with Crippen molar-refractivity contribution in [2.75, 3.05) is 6.54 Å². The Labute approximate surface area is 126 Å². The average Bonchev–Trinajstić information content (AvgIpc) is 2.51. The van der Waals surface area contributed by atoms with Gasteiger partial charge >= 0.3 is 0 Å². The van der Waals surface area contributed by atoms with Gasteiger partial charge in [-0.1, -0.05) is 51.2 Å². The molecule has 2 aliphatic rings. The summed E-state index contributed by atoms with van der Waals surface area (Å²) in [7, 11) is 0. The predicted molar refractivity (Wildman–Crippen MR) is 89.0 cm³/mol. The van der Waals surface area contributed by atoms with Gasteiger partial charge in [0.2, 0.25) is 0 Å². The molecule has 0 aromatic rings. The van der Waals surface area contributed by atoms with Crippen LogP contribution in [-0.2, 0) is 0 Å². The number of hydrogen-bond donors (Lipinski definition) is 1. The summed E-state index contributed by atoms with van der Waals surface area (Å²) in [4.78, 5) is 0. The van der Waals surface area contributed by atoms with Crippen LogP contribution in [0.4, 0.5) is 0 Å². The normalized spacial score (nSPS) is 29.0. The molecule has 0 heterocycles. The maximum absolute atomic E-state index is 3.89. The Kier molecular flexibility index (Phi) is 7.13. The SMILES string of the molecule is CCCNC(C1=CCCCC1)C1CCC(CCC)CC1. The van der Waals surface area contributed by atoms with E-state index >= 15 is 0 Å². The summed E-state index contributed by atoms with van der Waals surface area (Å²) in [6.07, 6.45) is 18.1. The minimum absolute atomic E-state index is 0.706. The van der Waals surface area contributed by atoms with Gasteiger partial charge in [-0.25, -0.2) is 0 Å². The zero-order chi connectivity index (χ0) is 14.2. The Morgan fingerprint density at radius 3 is 2.50 bits per heavy atom. The topological polar surface area (TPSA) is 12.0 Å². The minimum atomic E-state index is 0.706. The highest BCUT2D eigenvalue weighted by Crippen LogP contribution is 2.36. The zero-order valence-electron chi connectivity index (χ0n) is 13.8. The lowest BCUT2D eigenvalue weighted by molar-refractivity contribution is 0.225. The molecule has 0 aromatic heterocycles. The van der Waals surface area contributed by atoms with Gasteiger partial charge in [-0.05, 0) is 63.3 Å². The standard InChI is InChI=1S/C19H35N/c1-3-8-16-11-13-18(14-12-16)19(20-15-4-2)17-9-6-5-7-10-17/h9,16,18-20H,3-8,10-15H2,1-2H3. The zero-order valence-corrected chi connectivity index (χ0v) is 13.8. The molecule has 1 nitrogen and oxygen atoms in total. The highest BCUT2D eigenvalue weighted by molar-refractivity contribution is 5.15. The third kappa shape index (κ3) is 4.62. The molecule has 1 N–H and O–H groups in total. The van der Waals surface area contributed by atoms with Crippen molar-refractivity contribution in [2.45, 2.75) is 90.5 Å². The quantitative estimate of drug-likeness (QED) is 0.609. The third-order valence-electron chi connectivity index (χ3n) is 5.40. The van der Waals surface area contributed by atoms with Crippen LogP contribution in [0.5, 0.6) is 0 Å². The van der Waals surface area contributed by atoms with E-state index in [1.165, 1.54) is 77.2 Å². The molecule has 0 bridgehead atoms. The van der Waals surface area contributed by atoms with Crippen molar-refractivity contribution in [2.24, 2.45) is 11.8 Å². The van der Waals surface area contributed by atoms with Crippen molar-refractivity contribution in [3.63, 3.8) is 0 Å². The van der Waals surface area contributed by atoms with Crippen LogP contribution in [0.1, 0.15) is 84.5 Å². The molecule has 2 aliphatic carbocycles. The van der Waals surface area contributed by atoms with Crippen molar-refractivity contribution in [1.29, 1.82) is 0 Å². The van der Waals surface area contributed by atoms with Crippen molar-refractivity contribution in [1.82, 2.24) is 5.32 Å². The van der Waals surface area contributed by atoms with Gasteiger partial charge in [-0.3, -0.25) is 0 Å². The Morgan fingerprint density at radius 2 is 1.90 bits per heavy atom. The lowest BCUT2D eigenvalue weighted by atomic mass is 9.74. The maximum Gasteiger partial charge on any atom is 0.0307 e. The Morgan fingerprint density at radius 1 is 1.10 bits per heavy atom. The molecule has 1 atom stereocenters. The summed E-state index contributed by atoms with van der Waals surface area (Å²) < 4.78 is 0. The molecule has 0 aromatic carbocycles. The first-order valence-corrected chi connectivity index (χ1v) is 9.27. The lowest BCUT2D eigenvalue weighted by Gasteiger charge is -2.36. The smallest absolute Gasteiger partial charge is 0.0307 e. The van der Waals surface area contributed by atoms with Crippen LogP contribution < -0.4 is 5.32 Å². The van der Waals surface area contributed by atoms with E-state index in [1.54, 1.807) is 5.57 Å². The fourth-order valence-electron chi connectivity index (χ4n) is 4.26. The molecule has 20 heavy (non-hydrogen) atoms. The number of nitrogens with one attached hydrogen (secondary N) is 1. The molecule has 0 amide bonds. The van der Waals surface area contributed by atoms with E-state index in [4.69, 9.17) is 0 Å². The van der Waals surface area contributed by atoms with Crippen molar-refractivity contribution >= 4 is 0 Å². The van der Waals surface area contributed by atoms with Gasteiger partial charge in [-0.15, -0.1) is 0 Å². The van der Waals surface area contributed by atoms with E-state index < -0.39 is 0 Å². The van der Waals surface area contributed by atoms with Gasteiger partial charge in [-0.2, -0.15) is 0 Å². The van der Waals surface area contributed by atoms with Gasteiger partial charge in [0, 0.05) is 6.04 Å². The summed E-state index contributed by atoms with van der Waals surface area (Å²) in [6, 6.07) is 0.706. The van der Waals surface area contributed by atoms with Crippen LogP contribution in [0.15, 0.2) is 11.6 Å². The largest absolute Gasteiger partial charge is 0.310 e. The summed E-state index contributed by atoms with van der Waals surface area (Å²) in [5.41, 5.74) is 1.75. The summed E-state index contributed by atoms with van der Waals surface area (Å²) in [6.45, 7) is 5.82. The first-order valence-electron chi connectivity index (χ1n) is 9.27. The number of allylic oxidation sites excluding steroid dienone is 1. The molecule has 116 valence electrons. The second-order valence-electron chi connectivity index (χ2n) is 7.03. The van der Waals surface area contributed by atoms with E-state index in [9.17, 15) is 0 Å². The third-order valence-corrected chi connectivity index (χ3v) is 5.40. The molecular weight excluding hydrogens is 242 g/mol. The van der Waals surface area contributed by atoms with E-state index in [0.717, 1.165) is 11.8 Å². The first-order chi connectivity index (χ1) is 9.85. The van der Waals surface area contributed by atoms with Crippen LogP contribution >= 0.6 is 0 Å². The fourth-order valence-corrected chi connectivity index (χ4v) is 4.26. The summed E-state index contributed by atoms with van der Waals surface area (Å²) in [5.74, 6) is 1.95. The van der Waals surface area contributed by atoms with E-state index in [0.29, 0.717) is 6.04 Å². The molecule has 2 rings (SSSR count). The minimum Gasteiger partial charge on any atom is -0.310 e. The molecule has 1 fully saturated rings. The summed E-state index contributed by atoms with van der Waals surface area (Å²) >= 11 is 0. The molecule has 0 aliphatic heterocycles. The van der Waals surface area contributed by atoms with Gasteiger partial charge in [0.15, 0.2) is 0 Å². The highest BCUT2D eigenvalue weighted by atomic mass is 14.9. The van der Waals surface area contributed by atoms with Gasteiger partial charge in [0.25, 0.3) is 0 Å². The van der Waals surface area contributed by atoms with Crippen LogP contribution in [0.3, 0.4) is 0 Å². The molecule has 0 radical (unpaired) electrons. The molecule has 1 unspecified atom stereocenters. The molecule has 0 spiro atoms. The lowest BCUT2D eigenvalue weighted by Crippen LogP contribution is -2.40. The second-order valence-corrected chi connectivity index (χ2v) is 7.03.